The summed E-state index contributed by atoms with van der Waals surface area (Å²) in [5.74, 6) is 0. The summed E-state index contributed by atoms with van der Waals surface area (Å²) >= 11 is 5.01. The van der Waals surface area contributed by atoms with Gasteiger partial charge in [-0.2, -0.15) is 0 Å². The molecule has 1 aliphatic rings. The molecule has 6 heteroatoms. The fourth-order valence-electron chi connectivity index (χ4n) is 2.49. The molecule has 3 N–H and O–H groups in total. The first-order chi connectivity index (χ1) is 9.03. The van der Waals surface area contributed by atoms with Crippen LogP contribution in [-0.2, 0) is 6.54 Å². The predicted molar refractivity (Wildman–Crippen MR) is 80.2 cm³/mol. The molecule has 0 saturated heterocycles. The highest BCUT2D eigenvalue weighted by atomic mass is 79.9. The lowest BCUT2D eigenvalue weighted by molar-refractivity contribution is 0.121. The largest absolute Gasteiger partial charge is 0.396 e. The Bertz CT molecular complexity index is 452. The third-order valence-corrected chi connectivity index (χ3v) is 5.42. The van der Waals surface area contributed by atoms with E-state index in [9.17, 15) is 9.90 Å². The number of hydrogen-bond acceptors (Lipinski definition) is 3. The Labute approximate surface area is 125 Å². The van der Waals surface area contributed by atoms with Crippen LogP contribution >= 0.6 is 27.3 Å². The number of carbonyl (C=O) groups is 1. The summed E-state index contributed by atoms with van der Waals surface area (Å²) in [6.07, 6.45) is 2.96. The molecule has 1 aromatic heterocycles. The zero-order chi connectivity index (χ0) is 13.9. The zero-order valence-electron chi connectivity index (χ0n) is 10.9. The molecule has 1 aromatic rings. The number of carbonyl (C=O) groups excluding carboxylic acids is 1. The number of thiophene rings is 1. The van der Waals surface area contributed by atoms with Gasteiger partial charge in [0.15, 0.2) is 0 Å². The van der Waals surface area contributed by atoms with Crippen molar-refractivity contribution in [3.63, 3.8) is 0 Å². The van der Waals surface area contributed by atoms with E-state index in [1.165, 1.54) is 0 Å². The summed E-state index contributed by atoms with van der Waals surface area (Å²) in [6, 6.07) is 3.87. The lowest BCUT2D eigenvalue weighted by Crippen LogP contribution is -2.48. The van der Waals surface area contributed by atoms with Gasteiger partial charge in [-0.25, -0.2) is 4.79 Å². The average Bonchev–Trinajstić information content (AvgIpc) is 2.95. The maximum atomic E-state index is 11.9. The van der Waals surface area contributed by atoms with E-state index in [2.05, 4.69) is 26.6 Å². The number of hydrogen-bond donors (Lipinski definition) is 3. The van der Waals surface area contributed by atoms with Crippen LogP contribution < -0.4 is 10.6 Å². The van der Waals surface area contributed by atoms with E-state index in [-0.39, 0.29) is 24.1 Å². The predicted octanol–water partition coefficient (Wildman–Crippen LogP) is 2.86. The number of amides is 2. The monoisotopic (exact) mass is 346 g/mol. The number of aliphatic hydroxyl groups is 1. The summed E-state index contributed by atoms with van der Waals surface area (Å²) in [7, 11) is 0. The zero-order valence-corrected chi connectivity index (χ0v) is 13.3. The van der Waals surface area contributed by atoms with Crippen LogP contribution in [0.5, 0.6) is 0 Å². The first kappa shape index (κ1) is 14.8. The molecular weight excluding hydrogens is 328 g/mol. The number of halogens is 1. The minimum absolute atomic E-state index is 0.0626. The van der Waals surface area contributed by atoms with E-state index in [4.69, 9.17) is 0 Å². The summed E-state index contributed by atoms with van der Waals surface area (Å²) in [6.45, 7) is 2.68. The van der Waals surface area contributed by atoms with E-state index >= 15 is 0 Å². The molecule has 0 radical (unpaired) electrons. The fourth-order valence-corrected chi connectivity index (χ4v) is 3.91. The molecule has 1 aliphatic carbocycles. The first-order valence-corrected chi connectivity index (χ1v) is 8.04. The minimum atomic E-state index is -0.177. The average molecular weight is 347 g/mol. The molecule has 1 heterocycles. The van der Waals surface area contributed by atoms with Crippen LogP contribution in [0.4, 0.5) is 4.79 Å². The summed E-state index contributed by atoms with van der Waals surface area (Å²) in [5.41, 5.74) is -0.177. The van der Waals surface area contributed by atoms with Gasteiger partial charge in [0, 0.05) is 16.3 Å². The van der Waals surface area contributed by atoms with Crippen LogP contribution in [0, 0.1) is 5.41 Å². The van der Waals surface area contributed by atoms with Crippen molar-refractivity contribution in [2.75, 3.05) is 6.61 Å². The van der Waals surface area contributed by atoms with Crippen molar-refractivity contribution in [3.05, 3.63) is 20.8 Å². The van der Waals surface area contributed by atoms with Crippen LogP contribution in [0.25, 0.3) is 0 Å². The van der Waals surface area contributed by atoms with Gasteiger partial charge < -0.3 is 15.7 Å². The molecular formula is C13H19BrN2O2S. The molecule has 106 valence electrons. The Balaban J connectivity index is 1.81. The van der Waals surface area contributed by atoms with Crippen LogP contribution in [0.3, 0.4) is 0 Å². The molecule has 2 amide bonds. The minimum Gasteiger partial charge on any atom is -0.396 e. The molecule has 2 unspecified atom stereocenters. The summed E-state index contributed by atoms with van der Waals surface area (Å²) in [4.78, 5) is 13.0. The lowest BCUT2D eigenvalue weighted by Gasteiger charge is -2.30. The molecule has 4 nitrogen and oxygen atoms in total. The highest BCUT2D eigenvalue weighted by Crippen LogP contribution is 2.37. The molecule has 0 aromatic carbocycles. The van der Waals surface area contributed by atoms with Crippen molar-refractivity contribution < 1.29 is 9.90 Å². The van der Waals surface area contributed by atoms with Gasteiger partial charge in [-0.15, -0.1) is 11.3 Å². The van der Waals surface area contributed by atoms with Gasteiger partial charge in [-0.05, 0) is 40.9 Å². The third-order valence-electron chi connectivity index (χ3n) is 3.80. The second kappa shape index (κ2) is 6.24. The number of aliphatic hydroxyl groups excluding tert-OH is 1. The van der Waals surface area contributed by atoms with Gasteiger partial charge in [-0.1, -0.05) is 13.3 Å². The summed E-state index contributed by atoms with van der Waals surface area (Å²) in [5, 5.41) is 15.3. The number of nitrogens with one attached hydrogen (secondary N) is 2. The molecule has 2 rings (SSSR count). The van der Waals surface area contributed by atoms with Crippen LogP contribution in [0.15, 0.2) is 15.9 Å². The van der Waals surface area contributed by atoms with E-state index in [1.807, 2.05) is 19.1 Å². The standard InChI is InChI=1S/C13H19BrN2O2S/c1-13(8-17)6-2-3-10(13)16-12(18)15-7-9-4-5-11(14)19-9/h4-5,10,17H,2-3,6-8H2,1H3,(H2,15,16,18). The SMILES string of the molecule is CC1(CO)CCCC1NC(=O)NCc1ccc(Br)s1. The first-order valence-electron chi connectivity index (χ1n) is 6.43. The smallest absolute Gasteiger partial charge is 0.315 e. The fraction of sp³-hybridized carbons (Fsp3) is 0.615. The van der Waals surface area contributed by atoms with Crippen molar-refractivity contribution >= 4 is 33.3 Å². The normalized spacial score (nSPS) is 26.4. The molecule has 0 bridgehead atoms. The van der Waals surface area contributed by atoms with E-state index in [0.29, 0.717) is 6.54 Å². The Kier molecular flexibility index (Phi) is 4.86. The molecule has 19 heavy (non-hydrogen) atoms. The molecule has 2 atom stereocenters. The van der Waals surface area contributed by atoms with Crippen molar-refractivity contribution in [2.45, 2.75) is 38.8 Å². The van der Waals surface area contributed by atoms with Gasteiger partial charge in [0.2, 0.25) is 0 Å². The second-order valence-electron chi connectivity index (χ2n) is 5.29. The van der Waals surface area contributed by atoms with Gasteiger partial charge >= 0.3 is 6.03 Å². The van der Waals surface area contributed by atoms with E-state index < -0.39 is 0 Å². The van der Waals surface area contributed by atoms with Crippen LogP contribution in [0.2, 0.25) is 0 Å². The lowest BCUT2D eigenvalue weighted by atomic mass is 9.86. The maximum Gasteiger partial charge on any atom is 0.315 e. The Morgan fingerprint density at radius 1 is 1.63 bits per heavy atom. The van der Waals surface area contributed by atoms with Crippen molar-refractivity contribution in [1.82, 2.24) is 10.6 Å². The van der Waals surface area contributed by atoms with E-state index in [1.54, 1.807) is 11.3 Å². The Morgan fingerprint density at radius 2 is 2.42 bits per heavy atom. The number of urea groups is 1. The molecule has 0 spiro atoms. The molecule has 0 aliphatic heterocycles. The Hall–Kier alpha value is -0.590. The second-order valence-corrected chi connectivity index (χ2v) is 7.84. The van der Waals surface area contributed by atoms with Gasteiger partial charge in [0.25, 0.3) is 0 Å². The van der Waals surface area contributed by atoms with E-state index in [0.717, 1.165) is 27.9 Å². The quantitative estimate of drug-likeness (QED) is 0.784. The third kappa shape index (κ3) is 3.70. The molecule has 1 fully saturated rings. The van der Waals surface area contributed by atoms with Gasteiger partial charge in [-0.3, -0.25) is 0 Å². The number of rotatable bonds is 4. The molecule has 1 saturated carbocycles. The van der Waals surface area contributed by atoms with Gasteiger partial charge in [0.1, 0.15) is 0 Å². The van der Waals surface area contributed by atoms with Crippen molar-refractivity contribution in [2.24, 2.45) is 5.41 Å². The highest BCUT2D eigenvalue weighted by molar-refractivity contribution is 9.11. The Morgan fingerprint density at radius 3 is 3.05 bits per heavy atom. The van der Waals surface area contributed by atoms with Crippen LogP contribution in [-0.4, -0.2) is 23.8 Å². The van der Waals surface area contributed by atoms with Gasteiger partial charge in [0.05, 0.1) is 16.9 Å². The maximum absolute atomic E-state index is 11.9. The summed E-state index contributed by atoms with van der Waals surface area (Å²) < 4.78 is 1.06. The topological polar surface area (TPSA) is 61.4 Å². The van der Waals surface area contributed by atoms with Crippen molar-refractivity contribution in [1.29, 1.82) is 0 Å². The van der Waals surface area contributed by atoms with Crippen molar-refractivity contribution in [3.8, 4) is 0 Å². The highest BCUT2D eigenvalue weighted by Gasteiger charge is 2.39. The van der Waals surface area contributed by atoms with Crippen LogP contribution in [0.1, 0.15) is 31.1 Å².